The van der Waals surface area contributed by atoms with Gasteiger partial charge < -0.3 is 57.5 Å². The Morgan fingerprint density at radius 2 is 0.505 bits per heavy atom. The topological polar surface area (TPSA) is 152 Å². The highest BCUT2D eigenvalue weighted by atomic mass is 16.5. The number of anilines is 12. The van der Waals surface area contributed by atoms with Gasteiger partial charge in [0.2, 0.25) is 22.6 Å². The quantitative estimate of drug-likeness (QED) is 0.0668. The lowest BCUT2D eigenvalue weighted by atomic mass is 10.1. The zero-order valence-corrected chi connectivity index (χ0v) is 60.5. The predicted octanol–water partition coefficient (Wildman–Crippen LogP) is 17.7. The number of ether oxygens (including phenoxy) is 8. The van der Waals surface area contributed by atoms with Crippen LogP contribution in [0.1, 0.15) is 22.3 Å². The molecule has 8 heterocycles. The van der Waals surface area contributed by atoms with E-state index < -0.39 is 5.91 Å². The van der Waals surface area contributed by atoms with Crippen molar-refractivity contribution >= 4 is 125 Å². The van der Waals surface area contributed by atoms with Crippen molar-refractivity contribution in [3.63, 3.8) is 0 Å². The smallest absolute Gasteiger partial charge is 0.404 e. The van der Waals surface area contributed by atoms with E-state index in [9.17, 15) is 0 Å². The van der Waals surface area contributed by atoms with Crippen LogP contribution in [0.4, 0.5) is 79.9 Å². The van der Waals surface area contributed by atoms with Gasteiger partial charge in [-0.3, -0.25) is 0 Å². The van der Waals surface area contributed by atoms with Gasteiger partial charge >= 0.3 is 5.91 Å². The van der Waals surface area contributed by atoms with E-state index >= 15 is 0 Å². The molecule has 12 aromatic carbocycles. The molecule has 1 unspecified atom stereocenters. The molecule has 530 valence electrons. The van der Waals surface area contributed by atoms with Crippen molar-refractivity contribution in [3.05, 3.63) is 300 Å². The van der Waals surface area contributed by atoms with E-state index in [0.29, 0.717) is 46.0 Å². The van der Waals surface area contributed by atoms with Crippen LogP contribution in [0.15, 0.2) is 287 Å². The van der Waals surface area contributed by atoms with Crippen LogP contribution in [0, 0.1) is 0 Å². The molecule has 6 aliphatic rings. The number of aliphatic imine (C=N–C) groups is 2. The number of methoxy groups -OCH3 is 8. The molecule has 20 rings (SSSR count). The monoisotopic (exact) mass is 1430 g/mol. The standard InChI is InChI=1S/C89H68N12O8/c1-102-65-29-9-53(10-30-65)94(54-11-31-66(103-2)32-12-54)61-25-45-73-77(49-61)85-90-82-74-46-26-62(95(55-13-33-67(104-3)34-14-55)56-15-35-68(105-4)36-16-56)50-78(74)87-92-84-76-48-28-64(97(59-21-41-71(108-7)42-22-59)60-23-43-72(109-8)44-24-60)52-80(76)88-93-83-75-47-27-63(51-79(75)86-91-81(73)98(85)89(99(82)87,100(83)86)101(84)88)96(57-17-37-69(106-5)38-18-57)58-19-39-70(107-6)40-20-58/h9-52H,1-8H3/q+2. The Hall–Kier alpha value is -14.4. The zero-order valence-electron chi connectivity index (χ0n) is 60.5. The molecule has 0 radical (unpaired) electrons. The third-order valence-electron chi connectivity index (χ3n) is 21.4. The van der Waals surface area contributed by atoms with Gasteiger partial charge in [-0.15, -0.1) is 9.15 Å². The lowest BCUT2D eigenvalue weighted by Gasteiger charge is -2.40. The number of amidine groups is 4. The van der Waals surface area contributed by atoms with Crippen LogP contribution in [-0.2, 0) is 5.91 Å². The van der Waals surface area contributed by atoms with E-state index in [4.69, 9.17) is 57.9 Å². The number of aromatic nitrogens is 2. The van der Waals surface area contributed by atoms with Gasteiger partial charge in [-0.2, -0.15) is 9.13 Å². The summed E-state index contributed by atoms with van der Waals surface area (Å²) < 4.78 is 55.3. The summed E-state index contributed by atoms with van der Waals surface area (Å²) in [5, 5.41) is 3.50. The lowest BCUT2D eigenvalue weighted by molar-refractivity contribution is -0.790. The number of rotatable bonds is 20. The van der Waals surface area contributed by atoms with Crippen LogP contribution in [0.25, 0.3) is 21.5 Å². The Kier molecular flexibility index (Phi) is 14.7. The SMILES string of the molecule is COc1ccc(N(c2ccc(OC)cc2)c2ccc3c(c2)C2=Nc4c5ccc(N(c6ccc(OC)cc6)c6ccc(OC)cc6)cc5c5n4C46n7c(c8ccc(N(c9ccc(OC)cc9)c9ccc(OC)cc9)cc8c7=NC3=[N+]24)=NC2=[N+]6C(=N5)c3ccc(N(c4ccc(OC)cc4)c4ccc(OC)cc4)cc32)cc1. The molecule has 0 bridgehead atoms. The van der Waals surface area contributed by atoms with Gasteiger partial charge in [-0.1, -0.05) is 20.0 Å². The fraction of sp³-hybridized carbons (Fsp3) is 0.101. The molecule has 20 heteroatoms. The molecule has 109 heavy (non-hydrogen) atoms. The van der Waals surface area contributed by atoms with Crippen LogP contribution in [-0.4, -0.2) is 98.5 Å². The highest BCUT2D eigenvalue weighted by Crippen LogP contribution is 2.55. The maximum Gasteiger partial charge on any atom is 0.404 e. The Morgan fingerprint density at radius 3 is 0.862 bits per heavy atom. The first kappa shape index (κ1) is 64.2. The summed E-state index contributed by atoms with van der Waals surface area (Å²) in [5.74, 6) is 8.59. The summed E-state index contributed by atoms with van der Waals surface area (Å²) in [6, 6.07) is 91.5. The fourth-order valence-corrected chi connectivity index (χ4v) is 16.2. The molecule has 2 aromatic heterocycles. The van der Waals surface area contributed by atoms with Gasteiger partial charge in [0, 0.05) is 89.8 Å². The number of hydrogen-bond acceptors (Lipinski definition) is 16. The first-order chi connectivity index (χ1) is 53.6. The third kappa shape index (κ3) is 9.63. The predicted molar refractivity (Wildman–Crippen MR) is 425 cm³/mol. The number of nitrogens with zero attached hydrogens (tertiary/aromatic N) is 12. The molecule has 0 saturated carbocycles. The van der Waals surface area contributed by atoms with E-state index in [1.165, 1.54) is 0 Å². The molecule has 0 fully saturated rings. The largest absolute Gasteiger partial charge is 0.497 e. The van der Waals surface area contributed by atoms with Crippen molar-refractivity contribution < 1.29 is 47.0 Å². The summed E-state index contributed by atoms with van der Waals surface area (Å²) >= 11 is 0. The van der Waals surface area contributed by atoms with Crippen LogP contribution in [0.3, 0.4) is 0 Å². The van der Waals surface area contributed by atoms with Crippen LogP contribution >= 0.6 is 0 Å². The van der Waals surface area contributed by atoms with Crippen molar-refractivity contribution in [1.82, 2.24) is 9.13 Å². The molecule has 1 spiro atoms. The molecular formula is C89H68N12O8+2. The van der Waals surface area contributed by atoms with Gasteiger partial charge in [0.25, 0.3) is 23.3 Å². The second-order valence-electron chi connectivity index (χ2n) is 26.8. The fourth-order valence-electron chi connectivity index (χ4n) is 16.2. The second kappa shape index (κ2) is 24.9. The zero-order chi connectivity index (χ0) is 73.5. The van der Waals surface area contributed by atoms with Crippen LogP contribution < -0.4 is 68.5 Å². The van der Waals surface area contributed by atoms with Gasteiger partial charge in [-0.25, -0.2) is 0 Å². The maximum absolute atomic E-state index is 6.05. The molecule has 0 saturated heterocycles. The first-order valence-corrected chi connectivity index (χ1v) is 35.6. The third-order valence-corrected chi connectivity index (χ3v) is 21.4. The average molecular weight is 1430 g/mol. The van der Waals surface area contributed by atoms with Crippen molar-refractivity contribution in [3.8, 4) is 46.0 Å². The number of benzene rings is 12. The average Bonchev–Trinajstić information content (AvgIpc) is 1.47. The minimum Gasteiger partial charge on any atom is -0.497 e. The lowest BCUT2D eigenvalue weighted by Crippen LogP contribution is -2.71. The summed E-state index contributed by atoms with van der Waals surface area (Å²) in [5.41, 5.74) is 15.7. The van der Waals surface area contributed by atoms with Crippen LogP contribution in [0.5, 0.6) is 46.0 Å². The van der Waals surface area contributed by atoms with Gasteiger partial charge in [0.05, 0.1) is 79.1 Å². The molecule has 20 nitrogen and oxygen atoms in total. The molecular weight excluding hydrogens is 1370 g/mol. The summed E-state index contributed by atoms with van der Waals surface area (Å²) in [6.45, 7) is 0. The van der Waals surface area contributed by atoms with E-state index in [0.717, 1.165) is 158 Å². The van der Waals surface area contributed by atoms with E-state index in [2.05, 4.69) is 208 Å². The molecule has 14 aromatic rings. The maximum atomic E-state index is 6.05. The van der Waals surface area contributed by atoms with E-state index in [-0.39, 0.29) is 0 Å². The Bertz CT molecular complexity index is 6190. The normalized spacial score (nSPS) is 14.6. The van der Waals surface area contributed by atoms with E-state index in [1.54, 1.807) is 56.9 Å². The molecule has 0 N–H and O–H groups in total. The highest BCUT2D eigenvalue weighted by molar-refractivity contribution is 6.21. The molecule has 0 amide bonds. The summed E-state index contributed by atoms with van der Waals surface area (Å²) in [4.78, 5) is 33.2. The Morgan fingerprint density at radius 1 is 0.239 bits per heavy atom. The minimum atomic E-state index is -1.46. The van der Waals surface area contributed by atoms with Gasteiger partial charge in [0.15, 0.2) is 0 Å². The molecule has 1 atom stereocenters. The van der Waals surface area contributed by atoms with Crippen molar-refractivity contribution in [2.45, 2.75) is 5.91 Å². The number of hydrogen-bond donors (Lipinski definition) is 0. The Balaban J connectivity index is 0.898. The van der Waals surface area contributed by atoms with Crippen molar-refractivity contribution in [2.75, 3.05) is 76.5 Å². The van der Waals surface area contributed by atoms with Gasteiger partial charge in [-0.05, 0) is 267 Å². The molecule has 6 aliphatic heterocycles. The minimum absolute atomic E-state index is 0.685. The van der Waals surface area contributed by atoms with Gasteiger partial charge in [0.1, 0.15) is 46.0 Å². The Labute approximate surface area is 626 Å². The second-order valence-corrected chi connectivity index (χ2v) is 26.8. The first-order valence-electron chi connectivity index (χ1n) is 35.6. The molecule has 0 aliphatic carbocycles. The summed E-state index contributed by atoms with van der Waals surface area (Å²) in [7, 11) is 13.5. The van der Waals surface area contributed by atoms with Crippen LogP contribution in [0.2, 0.25) is 0 Å². The number of fused-ring (bicyclic) bond motifs is 12. The van der Waals surface area contributed by atoms with Crippen molar-refractivity contribution in [2.24, 2.45) is 20.0 Å². The highest BCUT2D eigenvalue weighted by Gasteiger charge is 2.70. The summed E-state index contributed by atoms with van der Waals surface area (Å²) in [6.07, 6.45) is 0. The van der Waals surface area contributed by atoms with E-state index in [1.807, 2.05) is 97.1 Å². The van der Waals surface area contributed by atoms with Crippen molar-refractivity contribution in [1.29, 1.82) is 0 Å².